The van der Waals surface area contributed by atoms with E-state index in [1.807, 2.05) is 0 Å². The molecule has 0 radical (unpaired) electrons. The second-order valence-corrected chi connectivity index (χ2v) is 11.6. The maximum atomic E-state index is 2.48. The number of hydrogen-bond acceptors (Lipinski definition) is 0. The molecule has 1 atom stereocenters. The van der Waals surface area contributed by atoms with E-state index in [4.69, 9.17) is 0 Å². The van der Waals surface area contributed by atoms with Crippen LogP contribution in [-0.2, 0) is 0 Å². The van der Waals surface area contributed by atoms with Gasteiger partial charge in [-0.25, -0.2) is 0 Å². The van der Waals surface area contributed by atoms with Crippen molar-refractivity contribution in [1.82, 2.24) is 0 Å². The third-order valence-corrected chi connectivity index (χ3v) is 4.92. The number of unbranched alkanes of at least 4 members (excludes halogenated alkanes) is 3. The van der Waals surface area contributed by atoms with Gasteiger partial charge in [0.2, 0.25) is 0 Å². The first-order valence-electron chi connectivity index (χ1n) is 6.45. The van der Waals surface area contributed by atoms with Gasteiger partial charge in [0, 0.05) is 8.07 Å². The van der Waals surface area contributed by atoms with Gasteiger partial charge in [0.1, 0.15) is 0 Å². The largest absolute Gasteiger partial charge is 0.0695 e. The van der Waals surface area contributed by atoms with Crippen molar-refractivity contribution in [2.24, 2.45) is 5.92 Å². The van der Waals surface area contributed by atoms with Crippen molar-refractivity contribution in [2.45, 2.75) is 78.1 Å². The quantitative estimate of drug-likeness (QED) is 0.379. The molecule has 0 aliphatic rings. The van der Waals surface area contributed by atoms with E-state index < -0.39 is 8.07 Å². The van der Waals surface area contributed by atoms with Crippen molar-refractivity contribution in [2.75, 3.05) is 0 Å². The second kappa shape index (κ2) is 7.50. The summed E-state index contributed by atoms with van der Waals surface area (Å²) < 4.78 is 0. The Hall–Kier alpha value is 0.217. The maximum Gasteiger partial charge on any atom is 0.0442 e. The van der Waals surface area contributed by atoms with E-state index in [0.717, 1.165) is 5.92 Å². The zero-order valence-electron chi connectivity index (χ0n) is 11.0. The fraction of sp³-hybridized carbons (Fsp3) is 1.00. The highest BCUT2D eigenvalue weighted by molar-refractivity contribution is 6.76. The SMILES string of the molecule is CCC(C)CCCCCC[Si](C)(C)C. The van der Waals surface area contributed by atoms with Crippen LogP contribution in [0.2, 0.25) is 25.7 Å². The molecule has 1 heteroatoms. The van der Waals surface area contributed by atoms with Crippen molar-refractivity contribution in [3.8, 4) is 0 Å². The molecule has 0 aliphatic heterocycles. The Morgan fingerprint density at radius 2 is 1.50 bits per heavy atom. The minimum absolute atomic E-state index is 0.746. The molecule has 0 bridgehead atoms. The fourth-order valence-electron chi connectivity index (χ4n) is 1.71. The van der Waals surface area contributed by atoms with E-state index in [2.05, 4.69) is 33.5 Å². The summed E-state index contributed by atoms with van der Waals surface area (Å²) in [5.74, 6) is 0.951. The van der Waals surface area contributed by atoms with E-state index >= 15 is 0 Å². The number of hydrogen-bond donors (Lipinski definition) is 0. The molecule has 0 saturated carbocycles. The van der Waals surface area contributed by atoms with Crippen LogP contribution >= 0.6 is 0 Å². The van der Waals surface area contributed by atoms with Crippen LogP contribution in [0.1, 0.15) is 52.4 Å². The zero-order chi connectivity index (χ0) is 11.0. The first-order valence-corrected chi connectivity index (χ1v) is 10.2. The molecule has 0 aromatic heterocycles. The molecule has 86 valence electrons. The van der Waals surface area contributed by atoms with Gasteiger partial charge in [-0.05, 0) is 5.92 Å². The lowest BCUT2D eigenvalue weighted by Gasteiger charge is -2.15. The summed E-state index contributed by atoms with van der Waals surface area (Å²) in [4.78, 5) is 0. The Kier molecular flexibility index (Phi) is 7.62. The summed E-state index contributed by atoms with van der Waals surface area (Å²) >= 11 is 0. The molecule has 0 fully saturated rings. The summed E-state index contributed by atoms with van der Waals surface area (Å²) in [7, 11) is -0.746. The standard InChI is InChI=1S/C13H30Si/c1-6-13(2)11-9-7-8-10-12-14(3,4)5/h13H,6-12H2,1-5H3. The fourth-order valence-corrected chi connectivity index (χ4v) is 3.02. The van der Waals surface area contributed by atoms with Crippen LogP contribution in [0.25, 0.3) is 0 Å². The van der Waals surface area contributed by atoms with Gasteiger partial charge in [-0.15, -0.1) is 0 Å². The molecule has 1 unspecified atom stereocenters. The van der Waals surface area contributed by atoms with Gasteiger partial charge in [0.15, 0.2) is 0 Å². The molecule has 0 heterocycles. The Balaban J connectivity index is 3.14. The van der Waals surface area contributed by atoms with Crippen molar-refractivity contribution < 1.29 is 0 Å². The van der Waals surface area contributed by atoms with Crippen LogP contribution in [0.4, 0.5) is 0 Å². The average Bonchev–Trinajstić information content (AvgIpc) is 2.08. The van der Waals surface area contributed by atoms with Crippen LogP contribution in [0, 0.1) is 5.92 Å². The third kappa shape index (κ3) is 10.3. The molecular formula is C13H30Si. The average molecular weight is 214 g/mol. The lowest BCUT2D eigenvalue weighted by atomic mass is 10.0. The van der Waals surface area contributed by atoms with E-state index in [1.165, 1.54) is 44.6 Å². The predicted molar refractivity (Wildman–Crippen MR) is 70.7 cm³/mol. The summed E-state index contributed by atoms with van der Waals surface area (Å²) in [6, 6.07) is 1.52. The Morgan fingerprint density at radius 1 is 0.929 bits per heavy atom. The Bertz CT molecular complexity index is 124. The van der Waals surface area contributed by atoms with Crippen LogP contribution in [0.3, 0.4) is 0 Å². The summed E-state index contributed by atoms with van der Waals surface area (Å²) in [6.07, 6.45) is 8.69. The van der Waals surface area contributed by atoms with Gasteiger partial charge < -0.3 is 0 Å². The molecule has 14 heavy (non-hydrogen) atoms. The maximum absolute atomic E-state index is 2.48. The second-order valence-electron chi connectivity index (χ2n) is 6.03. The monoisotopic (exact) mass is 214 g/mol. The highest BCUT2D eigenvalue weighted by atomic mass is 28.3. The van der Waals surface area contributed by atoms with E-state index in [1.54, 1.807) is 0 Å². The van der Waals surface area contributed by atoms with Crippen LogP contribution in [0.15, 0.2) is 0 Å². The van der Waals surface area contributed by atoms with Crippen LogP contribution in [0.5, 0.6) is 0 Å². The molecule has 0 aromatic rings. The van der Waals surface area contributed by atoms with Crippen molar-refractivity contribution in [3.05, 3.63) is 0 Å². The normalized spacial score (nSPS) is 14.4. The molecule has 0 nitrogen and oxygen atoms in total. The summed E-state index contributed by atoms with van der Waals surface area (Å²) in [5, 5.41) is 0. The molecular weight excluding hydrogens is 184 g/mol. The lowest BCUT2D eigenvalue weighted by Crippen LogP contribution is -2.18. The summed E-state index contributed by atoms with van der Waals surface area (Å²) in [5.41, 5.74) is 0. The highest BCUT2D eigenvalue weighted by Gasteiger charge is 2.11. The molecule has 0 rings (SSSR count). The first kappa shape index (κ1) is 14.2. The van der Waals surface area contributed by atoms with E-state index in [-0.39, 0.29) is 0 Å². The minimum Gasteiger partial charge on any atom is -0.0695 e. The smallest absolute Gasteiger partial charge is 0.0442 e. The highest BCUT2D eigenvalue weighted by Crippen LogP contribution is 2.17. The van der Waals surface area contributed by atoms with Gasteiger partial charge in [-0.2, -0.15) is 0 Å². The molecule has 0 saturated heterocycles. The van der Waals surface area contributed by atoms with Gasteiger partial charge in [-0.3, -0.25) is 0 Å². The molecule has 0 amide bonds. The minimum atomic E-state index is -0.746. The van der Waals surface area contributed by atoms with E-state index in [0.29, 0.717) is 0 Å². The third-order valence-electron chi connectivity index (χ3n) is 3.07. The van der Waals surface area contributed by atoms with Crippen molar-refractivity contribution in [3.63, 3.8) is 0 Å². The summed E-state index contributed by atoms with van der Waals surface area (Å²) in [6.45, 7) is 12.1. The molecule has 0 aromatic carbocycles. The van der Waals surface area contributed by atoms with Crippen molar-refractivity contribution in [1.29, 1.82) is 0 Å². The topological polar surface area (TPSA) is 0 Å². The van der Waals surface area contributed by atoms with E-state index in [9.17, 15) is 0 Å². The Labute approximate surface area is 92.5 Å². The van der Waals surface area contributed by atoms with Crippen LogP contribution < -0.4 is 0 Å². The Morgan fingerprint density at radius 3 is 2.00 bits per heavy atom. The first-order chi connectivity index (χ1) is 6.45. The van der Waals surface area contributed by atoms with Gasteiger partial charge >= 0.3 is 0 Å². The molecule has 0 aliphatic carbocycles. The van der Waals surface area contributed by atoms with Crippen LogP contribution in [-0.4, -0.2) is 8.07 Å². The number of rotatable bonds is 8. The zero-order valence-corrected chi connectivity index (χ0v) is 12.0. The predicted octanol–water partition coefficient (Wildman–Crippen LogP) is 5.32. The lowest BCUT2D eigenvalue weighted by molar-refractivity contribution is 0.477. The van der Waals surface area contributed by atoms with Crippen molar-refractivity contribution >= 4 is 8.07 Å². The van der Waals surface area contributed by atoms with Gasteiger partial charge in [0.05, 0.1) is 0 Å². The van der Waals surface area contributed by atoms with Gasteiger partial charge in [0.25, 0.3) is 0 Å². The molecule has 0 spiro atoms. The molecule has 0 N–H and O–H groups in total. The van der Waals surface area contributed by atoms with Gasteiger partial charge in [-0.1, -0.05) is 78.1 Å².